The molecule has 1 fully saturated rings. The second-order valence-electron chi connectivity index (χ2n) is 3.99. The van der Waals surface area contributed by atoms with Gasteiger partial charge in [0.15, 0.2) is 5.78 Å². The van der Waals surface area contributed by atoms with Gasteiger partial charge in [-0.15, -0.1) is 0 Å². The first kappa shape index (κ1) is 12.1. The van der Waals surface area contributed by atoms with E-state index in [1.54, 1.807) is 0 Å². The van der Waals surface area contributed by atoms with Gasteiger partial charge in [-0.25, -0.2) is 0 Å². The van der Waals surface area contributed by atoms with E-state index in [0.29, 0.717) is 5.78 Å². The zero-order valence-corrected chi connectivity index (χ0v) is 10.3. The highest BCUT2D eigenvalue weighted by molar-refractivity contribution is 7.99. The summed E-state index contributed by atoms with van der Waals surface area (Å²) in [7, 11) is 2.07. The number of Topliss-reactive ketones (excluding diaryl/α,β-unsaturated/α-hetero) is 1. The molecule has 1 aliphatic heterocycles. The van der Waals surface area contributed by atoms with Crippen molar-refractivity contribution in [2.75, 3.05) is 25.1 Å². The summed E-state index contributed by atoms with van der Waals surface area (Å²) >= 11 is 1.91. The molecule has 14 heavy (non-hydrogen) atoms. The van der Waals surface area contributed by atoms with Crippen molar-refractivity contribution < 1.29 is 4.79 Å². The van der Waals surface area contributed by atoms with E-state index in [0.717, 1.165) is 25.1 Å². The molecule has 0 N–H and O–H groups in total. The lowest BCUT2D eigenvalue weighted by Crippen LogP contribution is -2.46. The van der Waals surface area contributed by atoms with Gasteiger partial charge in [-0.05, 0) is 19.9 Å². The Labute approximate surface area is 91.4 Å². The summed E-state index contributed by atoms with van der Waals surface area (Å²) in [6.07, 6.45) is 1.98. The predicted octanol–water partition coefficient (Wildman–Crippen LogP) is 2.04. The first-order chi connectivity index (χ1) is 6.70. The number of hydrogen-bond acceptors (Lipinski definition) is 3. The molecule has 0 aromatic heterocycles. The average molecular weight is 215 g/mol. The van der Waals surface area contributed by atoms with Crippen LogP contribution in [-0.2, 0) is 4.79 Å². The largest absolute Gasteiger partial charge is 0.298 e. The smallest absolute Gasteiger partial charge is 0.153 e. The molecule has 2 nitrogen and oxygen atoms in total. The fourth-order valence-electron chi connectivity index (χ4n) is 1.95. The van der Waals surface area contributed by atoms with Crippen LogP contribution in [0.1, 0.15) is 26.7 Å². The number of likely N-dealkylation sites (N-methyl/N-ethyl adjacent to an activating group) is 1. The summed E-state index contributed by atoms with van der Waals surface area (Å²) < 4.78 is 0. The van der Waals surface area contributed by atoms with E-state index in [-0.39, 0.29) is 12.0 Å². The highest BCUT2D eigenvalue weighted by Crippen LogP contribution is 2.20. The van der Waals surface area contributed by atoms with Gasteiger partial charge in [0.2, 0.25) is 0 Å². The Hall–Kier alpha value is -0.0200. The minimum atomic E-state index is 0.179. The van der Waals surface area contributed by atoms with Gasteiger partial charge in [-0.1, -0.05) is 13.8 Å². The molecule has 1 rings (SSSR count). The third-order valence-corrected chi connectivity index (χ3v) is 4.14. The lowest BCUT2D eigenvalue weighted by molar-refractivity contribution is -0.127. The van der Waals surface area contributed by atoms with Gasteiger partial charge in [-0.2, -0.15) is 11.8 Å². The number of hydrogen-bond donors (Lipinski definition) is 0. The second kappa shape index (κ2) is 5.76. The van der Waals surface area contributed by atoms with Crippen LogP contribution in [0.2, 0.25) is 0 Å². The molecule has 0 radical (unpaired) electrons. The molecule has 1 unspecified atom stereocenters. The molecule has 0 aliphatic carbocycles. The van der Waals surface area contributed by atoms with Gasteiger partial charge >= 0.3 is 0 Å². The van der Waals surface area contributed by atoms with Crippen LogP contribution in [0, 0.1) is 5.92 Å². The lowest BCUT2D eigenvalue weighted by Gasteiger charge is -2.32. The van der Waals surface area contributed by atoms with Gasteiger partial charge in [0.1, 0.15) is 0 Å². The molecule has 0 spiro atoms. The highest BCUT2D eigenvalue weighted by atomic mass is 32.2. The molecule has 3 heteroatoms. The van der Waals surface area contributed by atoms with Gasteiger partial charge in [0, 0.05) is 24.0 Å². The summed E-state index contributed by atoms with van der Waals surface area (Å²) in [5, 5.41) is 0. The molecule has 1 heterocycles. The third kappa shape index (κ3) is 2.74. The summed E-state index contributed by atoms with van der Waals surface area (Å²) in [5.74, 6) is 2.90. The Kier molecular flexibility index (Phi) is 4.96. The number of carbonyl (C=O) groups is 1. The number of carbonyl (C=O) groups excluding carboxylic acids is 1. The molecule has 0 aromatic rings. The van der Waals surface area contributed by atoms with Crippen LogP contribution < -0.4 is 0 Å². The van der Waals surface area contributed by atoms with E-state index in [1.165, 1.54) is 5.75 Å². The van der Waals surface area contributed by atoms with Crippen LogP contribution in [0.3, 0.4) is 0 Å². The second-order valence-corrected chi connectivity index (χ2v) is 5.14. The number of nitrogens with zero attached hydrogens (tertiary/aromatic N) is 1. The van der Waals surface area contributed by atoms with E-state index in [1.807, 2.05) is 11.8 Å². The Morgan fingerprint density at radius 2 is 2.14 bits per heavy atom. The fraction of sp³-hybridized carbons (Fsp3) is 0.909. The van der Waals surface area contributed by atoms with E-state index in [2.05, 4.69) is 25.8 Å². The zero-order chi connectivity index (χ0) is 10.6. The molecular weight excluding hydrogens is 194 g/mol. The van der Waals surface area contributed by atoms with Crippen LogP contribution in [0.4, 0.5) is 0 Å². The van der Waals surface area contributed by atoms with E-state index >= 15 is 0 Å². The van der Waals surface area contributed by atoms with Gasteiger partial charge < -0.3 is 0 Å². The van der Waals surface area contributed by atoms with Crippen LogP contribution >= 0.6 is 11.8 Å². The van der Waals surface area contributed by atoms with Gasteiger partial charge in [-0.3, -0.25) is 9.69 Å². The quantitative estimate of drug-likeness (QED) is 0.716. The summed E-state index contributed by atoms with van der Waals surface area (Å²) in [4.78, 5) is 14.3. The van der Waals surface area contributed by atoms with E-state index < -0.39 is 0 Å². The monoisotopic (exact) mass is 215 g/mol. The number of ketones is 1. The number of rotatable bonds is 4. The van der Waals surface area contributed by atoms with Crippen molar-refractivity contribution in [1.29, 1.82) is 0 Å². The van der Waals surface area contributed by atoms with Gasteiger partial charge in [0.25, 0.3) is 0 Å². The Morgan fingerprint density at radius 1 is 1.50 bits per heavy atom. The predicted molar refractivity (Wildman–Crippen MR) is 62.8 cm³/mol. The van der Waals surface area contributed by atoms with Gasteiger partial charge in [0.05, 0.1) is 6.04 Å². The molecule has 0 amide bonds. The minimum absolute atomic E-state index is 0.179. The van der Waals surface area contributed by atoms with Crippen molar-refractivity contribution in [1.82, 2.24) is 4.90 Å². The molecular formula is C11H21NOS. The van der Waals surface area contributed by atoms with Crippen molar-refractivity contribution in [3.8, 4) is 0 Å². The molecule has 82 valence electrons. The summed E-state index contributed by atoms with van der Waals surface area (Å²) in [6.45, 7) is 5.28. The Balaban J connectivity index is 2.57. The van der Waals surface area contributed by atoms with Crippen LogP contribution in [-0.4, -0.2) is 41.8 Å². The number of thioether (sulfide) groups is 1. The molecule has 0 aromatic carbocycles. The van der Waals surface area contributed by atoms with E-state index in [9.17, 15) is 4.79 Å². The standard InChI is InChI=1S/C11H21NOS/c1-4-9(5-2)11(13)10-8-14-7-6-12(10)3/h9-10H,4-8H2,1-3H3. The van der Waals surface area contributed by atoms with E-state index in [4.69, 9.17) is 0 Å². The van der Waals surface area contributed by atoms with Crippen molar-refractivity contribution in [3.05, 3.63) is 0 Å². The molecule has 0 saturated carbocycles. The lowest BCUT2D eigenvalue weighted by atomic mass is 9.93. The minimum Gasteiger partial charge on any atom is -0.298 e. The van der Waals surface area contributed by atoms with Crippen LogP contribution in [0.15, 0.2) is 0 Å². The normalized spacial score (nSPS) is 24.1. The first-order valence-electron chi connectivity index (χ1n) is 5.52. The molecule has 1 saturated heterocycles. The van der Waals surface area contributed by atoms with Crippen molar-refractivity contribution in [2.24, 2.45) is 5.92 Å². The maximum atomic E-state index is 12.1. The summed E-state index contributed by atoms with van der Waals surface area (Å²) in [6, 6.07) is 0.179. The summed E-state index contributed by atoms with van der Waals surface area (Å²) in [5.41, 5.74) is 0. The molecule has 1 atom stereocenters. The Bertz CT molecular complexity index is 192. The highest BCUT2D eigenvalue weighted by Gasteiger charge is 2.29. The van der Waals surface area contributed by atoms with Crippen molar-refractivity contribution >= 4 is 17.5 Å². The van der Waals surface area contributed by atoms with Crippen LogP contribution in [0.25, 0.3) is 0 Å². The maximum Gasteiger partial charge on any atom is 0.153 e. The molecule has 1 aliphatic rings. The van der Waals surface area contributed by atoms with Crippen molar-refractivity contribution in [2.45, 2.75) is 32.7 Å². The fourth-order valence-corrected chi connectivity index (χ4v) is 3.17. The zero-order valence-electron chi connectivity index (χ0n) is 9.45. The Morgan fingerprint density at radius 3 is 2.64 bits per heavy atom. The van der Waals surface area contributed by atoms with Crippen molar-refractivity contribution in [3.63, 3.8) is 0 Å². The van der Waals surface area contributed by atoms with Crippen LogP contribution in [0.5, 0.6) is 0 Å². The maximum absolute atomic E-state index is 12.1. The topological polar surface area (TPSA) is 20.3 Å². The SMILES string of the molecule is CCC(CC)C(=O)C1CSCCN1C. The molecule has 0 bridgehead atoms. The first-order valence-corrected chi connectivity index (χ1v) is 6.67. The third-order valence-electron chi connectivity index (χ3n) is 3.11. The average Bonchev–Trinajstić information content (AvgIpc) is 2.20.